The second kappa shape index (κ2) is 5.36. The van der Waals surface area contributed by atoms with Crippen molar-refractivity contribution in [1.82, 2.24) is 9.55 Å². The molecule has 0 atom stereocenters. The predicted molar refractivity (Wildman–Crippen MR) is 59.4 cm³/mol. The largest absolute Gasteiger partial charge is 0.328 e. The van der Waals surface area contributed by atoms with Crippen LogP contribution in [0, 0.1) is 0 Å². The molecule has 0 fully saturated rings. The van der Waals surface area contributed by atoms with Gasteiger partial charge in [-0.25, -0.2) is 4.79 Å². The maximum absolute atomic E-state index is 11.2. The third-order valence-corrected chi connectivity index (χ3v) is 2.58. The Kier molecular flexibility index (Phi) is 4.41. The van der Waals surface area contributed by atoms with Gasteiger partial charge in [-0.15, -0.1) is 0 Å². The van der Waals surface area contributed by atoms with Crippen molar-refractivity contribution in [3.05, 3.63) is 32.1 Å². The third kappa shape index (κ3) is 2.99. The molecule has 0 bridgehead atoms. The first-order chi connectivity index (χ1) is 6.65. The van der Waals surface area contributed by atoms with Gasteiger partial charge in [-0.2, -0.15) is 0 Å². The molecule has 0 saturated carbocycles. The maximum atomic E-state index is 11.2. The van der Waals surface area contributed by atoms with Gasteiger partial charge in [-0.3, -0.25) is 14.3 Å². The van der Waals surface area contributed by atoms with E-state index in [-0.39, 0.29) is 5.02 Å². The zero-order valence-corrected chi connectivity index (χ0v) is 9.77. The van der Waals surface area contributed by atoms with Crippen LogP contribution in [-0.4, -0.2) is 14.9 Å². The molecule has 0 radical (unpaired) electrons. The lowest BCUT2D eigenvalue weighted by molar-refractivity contribution is 0.600. The molecule has 0 aromatic carbocycles. The highest BCUT2D eigenvalue weighted by atomic mass is 79.9. The van der Waals surface area contributed by atoms with Crippen molar-refractivity contribution < 1.29 is 0 Å². The number of H-pyrrole nitrogens is 1. The Hall–Kier alpha value is -0.550. The first kappa shape index (κ1) is 11.5. The number of halogens is 2. The Labute approximate surface area is 94.0 Å². The molecule has 0 aliphatic heterocycles. The summed E-state index contributed by atoms with van der Waals surface area (Å²) in [6, 6.07) is 0. The average molecular weight is 282 g/mol. The Balaban J connectivity index is 2.82. The van der Waals surface area contributed by atoms with Gasteiger partial charge in [0.25, 0.3) is 5.56 Å². The number of aromatic nitrogens is 2. The first-order valence-electron chi connectivity index (χ1n) is 4.20. The standard InChI is InChI=1S/C8H10BrClN2O2/c9-3-1-2-4-12-5-6(10)7(13)11-8(12)14/h5H,1-4H2,(H,11,13,14). The van der Waals surface area contributed by atoms with E-state index in [1.54, 1.807) is 0 Å². The van der Waals surface area contributed by atoms with Crippen LogP contribution < -0.4 is 11.2 Å². The fraction of sp³-hybridized carbons (Fsp3) is 0.500. The van der Waals surface area contributed by atoms with Gasteiger partial charge < -0.3 is 0 Å². The number of rotatable bonds is 4. The van der Waals surface area contributed by atoms with E-state index in [9.17, 15) is 9.59 Å². The zero-order chi connectivity index (χ0) is 10.6. The lowest BCUT2D eigenvalue weighted by Crippen LogP contribution is -2.29. The molecule has 4 nitrogen and oxygen atoms in total. The Morgan fingerprint density at radius 1 is 1.43 bits per heavy atom. The summed E-state index contributed by atoms with van der Waals surface area (Å²) in [5.74, 6) is 0. The van der Waals surface area contributed by atoms with E-state index in [1.165, 1.54) is 10.8 Å². The number of alkyl halides is 1. The van der Waals surface area contributed by atoms with Gasteiger partial charge in [0, 0.05) is 18.1 Å². The van der Waals surface area contributed by atoms with Gasteiger partial charge in [0.2, 0.25) is 0 Å². The molecule has 1 rings (SSSR count). The molecular formula is C8H10BrClN2O2. The van der Waals surface area contributed by atoms with E-state index in [0.29, 0.717) is 6.54 Å². The van der Waals surface area contributed by atoms with Crippen LogP contribution >= 0.6 is 27.5 Å². The quantitative estimate of drug-likeness (QED) is 0.669. The summed E-state index contributed by atoms with van der Waals surface area (Å²) in [6.45, 7) is 0.570. The highest BCUT2D eigenvalue weighted by Crippen LogP contribution is 1.99. The van der Waals surface area contributed by atoms with Crippen LogP contribution in [0.2, 0.25) is 5.02 Å². The molecule has 0 aliphatic carbocycles. The number of aromatic amines is 1. The molecule has 1 aromatic rings. The van der Waals surface area contributed by atoms with Crippen molar-refractivity contribution in [2.24, 2.45) is 0 Å². The van der Waals surface area contributed by atoms with Gasteiger partial charge in [0.05, 0.1) is 0 Å². The predicted octanol–water partition coefficient (Wildman–Crippen LogP) is 1.37. The van der Waals surface area contributed by atoms with E-state index in [0.717, 1.165) is 18.2 Å². The first-order valence-corrected chi connectivity index (χ1v) is 5.70. The number of hydrogen-bond donors (Lipinski definition) is 1. The van der Waals surface area contributed by atoms with Crippen molar-refractivity contribution in [2.75, 3.05) is 5.33 Å². The lowest BCUT2D eigenvalue weighted by atomic mass is 10.3. The molecule has 14 heavy (non-hydrogen) atoms. The summed E-state index contributed by atoms with van der Waals surface area (Å²) in [5, 5.41) is 0.946. The second-order valence-electron chi connectivity index (χ2n) is 2.83. The number of nitrogens with one attached hydrogen (secondary N) is 1. The van der Waals surface area contributed by atoms with Crippen LogP contribution in [-0.2, 0) is 6.54 Å². The van der Waals surface area contributed by atoms with E-state index >= 15 is 0 Å². The summed E-state index contributed by atoms with van der Waals surface area (Å²) < 4.78 is 1.41. The highest BCUT2D eigenvalue weighted by molar-refractivity contribution is 9.09. The molecule has 0 aliphatic rings. The average Bonchev–Trinajstić information content (AvgIpc) is 2.14. The van der Waals surface area contributed by atoms with Crippen molar-refractivity contribution in [2.45, 2.75) is 19.4 Å². The van der Waals surface area contributed by atoms with E-state index in [4.69, 9.17) is 11.6 Å². The van der Waals surface area contributed by atoms with Crippen LogP contribution in [0.5, 0.6) is 0 Å². The highest BCUT2D eigenvalue weighted by Gasteiger charge is 2.01. The fourth-order valence-corrected chi connectivity index (χ4v) is 1.59. The van der Waals surface area contributed by atoms with Crippen molar-refractivity contribution in [3.8, 4) is 0 Å². The Morgan fingerprint density at radius 3 is 2.79 bits per heavy atom. The van der Waals surface area contributed by atoms with Gasteiger partial charge in [0.15, 0.2) is 0 Å². The number of hydrogen-bond acceptors (Lipinski definition) is 2. The second-order valence-corrected chi connectivity index (χ2v) is 4.03. The molecule has 1 aromatic heterocycles. The minimum absolute atomic E-state index is 0.0449. The molecule has 0 saturated heterocycles. The summed E-state index contributed by atoms with van der Waals surface area (Å²) in [5.41, 5.74) is -0.942. The minimum atomic E-state index is -0.534. The van der Waals surface area contributed by atoms with E-state index in [2.05, 4.69) is 20.9 Å². The smallest absolute Gasteiger partial charge is 0.299 e. The number of aryl methyl sites for hydroxylation is 1. The fourth-order valence-electron chi connectivity index (χ4n) is 1.03. The van der Waals surface area contributed by atoms with Crippen LogP contribution in [0.3, 0.4) is 0 Å². The topological polar surface area (TPSA) is 54.9 Å². The van der Waals surface area contributed by atoms with Gasteiger partial charge in [0.1, 0.15) is 5.02 Å². The van der Waals surface area contributed by atoms with Gasteiger partial charge in [-0.1, -0.05) is 27.5 Å². The monoisotopic (exact) mass is 280 g/mol. The lowest BCUT2D eigenvalue weighted by Gasteiger charge is -2.03. The van der Waals surface area contributed by atoms with Crippen LogP contribution in [0.1, 0.15) is 12.8 Å². The molecule has 0 spiro atoms. The van der Waals surface area contributed by atoms with Gasteiger partial charge in [-0.05, 0) is 12.8 Å². The molecule has 78 valence electrons. The maximum Gasteiger partial charge on any atom is 0.328 e. The molecule has 0 unspecified atom stereocenters. The molecule has 1 heterocycles. The third-order valence-electron chi connectivity index (χ3n) is 1.75. The molecule has 6 heteroatoms. The molecule has 1 N–H and O–H groups in total. The van der Waals surface area contributed by atoms with Crippen LogP contribution in [0.25, 0.3) is 0 Å². The summed E-state index contributed by atoms with van der Waals surface area (Å²) in [7, 11) is 0. The molecule has 0 amide bonds. The van der Waals surface area contributed by atoms with Crippen molar-refractivity contribution >= 4 is 27.5 Å². The van der Waals surface area contributed by atoms with Crippen molar-refractivity contribution in [1.29, 1.82) is 0 Å². The normalized spacial score (nSPS) is 10.4. The van der Waals surface area contributed by atoms with Crippen LogP contribution in [0.4, 0.5) is 0 Å². The zero-order valence-electron chi connectivity index (χ0n) is 7.43. The number of unbranched alkanes of at least 4 members (excludes halogenated alkanes) is 1. The molecular weight excluding hydrogens is 271 g/mol. The Morgan fingerprint density at radius 2 is 2.14 bits per heavy atom. The van der Waals surface area contributed by atoms with Crippen molar-refractivity contribution in [3.63, 3.8) is 0 Å². The summed E-state index contributed by atoms with van der Waals surface area (Å²) in [4.78, 5) is 24.3. The van der Waals surface area contributed by atoms with E-state index in [1.807, 2.05) is 0 Å². The minimum Gasteiger partial charge on any atom is -0.299 e. The number of nitrogens with zero attached hydrogens (tertiary/aromatic N) is 1. The van der Waals surface area contributed by atoms with Gasteiger partial charge >= 0.3 is 5.69 Å². The van der Waals surface area contributed by atoms with Crippen LogP contribution in [0.15, 0.2) is 15.8 Å². The van der Waals surface area contributed by atoms with E-state index < -0.39 is 11.2 Å². The summed E-state index contributed by atoms with van der Waals surface area (Å²) in [6.07, 6.45) is 3.22. The summed E-state index contributed by atoms with van der Waals surface area (Å²) >= 11 is 8.88. The Bertz CT molecular complexity index is 413. The SMILES string of the molecule is O=c1[nH]c(=O)n(CCCCBr)cc1Cl.